The average Bonchev–Trinajstić information content (AvgIpc) is 3.14. The van der Waals surface area contributed by atoms with Crippen molar-refractivity contribution in [1.29, 1.82) is 0 Å². The highest BCUT2D eigenvalue weighted by atomic mass is 16.5. The van der Waals surface area contributed by atoms with E-state index in [9.17, 15) is 14.4 Å². The number of hydrogen-bond donors (Lipinski definition) is 0. The van der Waals surface area contributed by atoms with Crippen molar-refractivity contribution in [3.63, 3.8) is 0 Å². The number of nitrogens with zero attached hydrogens (tertiary/aromatic N) is 1. The molecule has 6 heteroatoms. The van der Waals surface area contributed by atoms with Gasteiger partial charge < -0.3 is 9.15 Å². The molecule has 0 saturated carbocycles. The molecule has 1 aliphatic heterocycles. The van der Waals surface area contributed by atoms with Crippen LogP contribution in [0.3, 0.4) is 0 Å². The van der Waals surface area contributed by atoms with Crippen LogP contribution in [-0.2, 0) is 4.74 Å². The van der Waals surface area contributed by atoms with Crippen molar-refractivity contribution in [3.8, 4) is 0 Å². The maximum absolute atomic E-state index is 13.7. The van der Waals surface area contributed by atoms with E-state index in [1.165, 1.54) is 0 Å². The Morgan fingerprint density at radius 2 is 1.65 bits per heavy atom. The Morgan fingerprint density at radius 3 is 2.32 bits per heavy atom. The summed E-state index contributed by atoms with van der Waals surface area (Å²) in [5, 5.41) is 0.454. The van der Waals surface area contributed by atoms with Gasteiger partial charge in [-0.3, -0.25) is 14.5 Å². The summed E-state index contributed by atoms with van der Waals surface area (Å²) in [5.74, 6) is -0.785. The Kier molecular flexibility index (Phi) is 5.28. The predicted molar refractivity (Wildman–Crippen MR) is 129 cm³/mol. The highest BCUT2D eigenvalue weighted by Gasteiger charge is 2.43. The minimum Gasteiger partial charge on any atom is -0.462 e. The minimum atomic E-state index is -0.653. The van der Waals surface area contributed by atoms with Crippen molar-refractivity contribution in [2.75, 3.05) is 11.5 Å². The van der Waals surface area contributed by atoms with Crippen molar-refractivity contribution in [2.24, 2.45) is 0 Å². The number of carbonyl (C=O) groups is 2. The van der Waals surface area contributed by atoms with Crippen LogP contribution in [0.25, 0.3) is 11.0 Å². The Balaban J connectivity index is 1.71. The van der Waals surface area contributed by atoms with E-state index < -0.39 is 17.9 Å². The molecule has 1 unspecified atom stereocenters. The molecule has 0 bridgehead atoms. The zero-order chi connectivity index (χ0) is 24.0. The van der Waals surface area contributed by atoms with Gasteiger partial charge in [-0.1, -0.05) is 30.3 Å². The smallest absolute Gasteiger partial charge is 0.338 e. The molecule has 1 aliphatic rings. The Bertz CT molecular complexity index is 1490. The molecule has 0 N–H and O–H groups in total. The third kappa shape index (κ3) is 3.39. The fourth-order valence-electron chi connectivity index (χ4n) is 4.42. The molecule has 1 amide bonds. The monoisotopic (exact) mass is 453 g/mol. The number of ether oxygens (including phenoxy) is 1. The fourth-order valence-corrected chi connectivity index (χ4v) is 4.42. The van der Waals surface area contributed by atoms with Crippen LogP contribution in [-0.4, -0.2) is 18.5 Å². The highest BCUT2D eigenvalue weighted by molar-refractivity contribution is 6.10. The first kappa shape index (κ1) is 21.6. The molecule has 5 rings (SSSR count). The van der Waals surface area contributed by atoms with E-state index in [4.69, 9.17) is 9.15 Å². The molecule has 4 aromatic rings. The number of anilines is 1. The summed E-state index contributed by atoms with van der Waals surface area (Å²) in [6, 6.07) is 19.0. The van der Waals surface area contributed by atoms with Gasteiger partial charge in [0.2, 0.25) is 5.76 Å². The van der Waals surface area contributed by atoms with Gasteiger partial charge in [0.05, 0.1) is 29.2 Å². The van der Waals surface area contributed by atoms with Crippen LogP contribution in [0, 0.1) is 13.8 Å². The summed E-state index contributed by atoms with van der Waals surface area (Å²) >= 11 is 0. The number of benzene rings is 3. The minimum absolute atomic E-state index is 0.0454. The molecule has 34 heavy (non-hydrogen) atoms. The molecule has 0 spiro atoms. The van der Waals surface area contributed by atoms with Crippen molar-refractivity contribution >= 4 is 28.5 Å². The first-order chi connectivity index (χ1) is 16.4. The van der Waals surface area contributed by atoms with Crippen LogP contribution < -0.4 is 10.3 Å². The van der Waals surface area contributed by atoms with Gasteiger partial charge in [-0.05, 0) is 73.9 Å². The average molecular weight is 453 g/mol. The molecule has 6 nitrogen and oxygen atoms in total. The molecule has 0 aliphatic carbocycles. The van der Waals surface area contributed by atoms with E-state index >= 15 is 0 Å². The lowest BCUT2D eigenvalue weighted by molar-refractivity contribution is 0.0526. The van der Waals surface area contributed by atoms with Crippen LogP contribution in [0.15, 0.2) is 75.9 Å². The van der Waals surface area contributed by atoms with Gasteiger partial charge in [0.25, 0.3) is 5.91 Å². The largest absolute Gasteiger partial charge is 0.462 e. The van der Waals surface area contributed by atoms with E-state index in [0.717, 1.165) is 16.7 Å². The Morgan fingerprint density at radius 1 is 0.971 bits per heavy atom. The maximum Gasteiger partial charge on any atom is 0.338 e. The second-order valence-corrected chi connectivity index (χ2v) is 8.36. The number of rotatable bonds is 4. The zero-order valence-corrected chi connectivity index (χ0v) is 19.1. The lowest BCUT2D eigenvalue weighted by Crippen LogP contribution is -2.29. The second-order valence-electron chi connectivity index (χ2n) is 8.36. The molecule has 1 atom stereocenters. The van der Waals surface area contributed by atoms with E-state index in [2.05, 4.69) is 0 Å². The summed E-state index contributed by atoms with van der Waals surface area (Å²) < 4.78 is 11.1. The first-order valence-electron chi connectivity index (χ1n) is 11.1. The lowest BCUT2D eigenvalue weighted by atomic mass is 9.97. The summed E-state index contributed by atoms with van der Waals surface area (Å²) in [7, 11) is 0. The lowest BCUT2D eigenvalue weighted by Gasteiger charge is -2.25. The van der Waals surface area contributed by atoms with Gasteiger partial charge >= 0.3 is 5.97 Å². The Labute approximate surface area is 196 Å². The SMILES string of the molecule is CCOC(=O)c1ccc(N2C(=O)c3oc4cc(C)c(C)cc4c(=O)c3C2c2ccccc2)cc1. The van der Waals surface area contributed by atoms with Crippen molar-refractivity contribution in [1.82, 2.24) is 0 Å². The number of esters is 1. The molecule has 1 aromatic heterocycles. The number of aryl methyl sites for hydroxylation is 2. The molecule has 0 saturated heterocycles. The fraction of sp³-hybridized carbons (Fsp3) is 0.179. The number of fused-ring (bicyclic) bond motifs is 2. The summed E-state index contributed by atoms with van der Waals surface area (Å²) in [4.78, 5) is 41.0. The van der Waals surface area contributed by atoms with E-state index in [-0.39, 0.29) is 17.8 Å². The molecule has 3 aromatic carbocycles. The van der Waals surface area contributed by atoms with Crippen LogP contribution in [0.5, 0.6) is 0 Å². The number of carbonyl (C=O) groups excluding carboxylic acids is 2. The molecule has 0 fully saturated rings. The van der Waals surface area contributed by atoms with Gasteiger partial charge in [0.15, 0.2) is 5.43 Å². The number of hydrogen-bond acceptors (Lipinski definition) is 5. The van der Waals surface area contributed by atoms with Gasteiger partial charge in [0, 0.05) is 5.69 Å². The van der Waals surface area contributed by atoms with Gasteiger partial charge in [0.1, 0.15) is 5.58 Å². The van der Waals surface area contributed by atoms with E-state index in [1.54, 1.807) is 42.2 Å². The van der Waals surface area contributed by atoms with Crippen LogP contribution >= 0.6 is 0 Å². The van der Waals surface area contributed by atoms with Crippen molar-refractivity contribution in [2.45, 2.75) is 26.8 Å². The van der Waals surface area contributed by atoms with Gasteiger partial charge in [-0.25, -0.2) is 4.79 Å². The Hall–Kier alpha value is -4.19. The quantitative estimate of drug-likeness (QED) is 0.390. The molecular formula is C28H23NO5. The molecule has 0 radical (unpaired) electrons. The van der Waals surface area contributed by atoms with Crippen LogP contribution in [0.4, 0.5) is 5.69 Å². The van der Waals surface area contributed by atoms with E-state index in [0.29, 0.717) is 27.8 Å². The normalized spacial score (nSPS) is 15.0. The van der Waals surface area contributed by atoms with Crippen LogP contribution in [0.2, 0.25) is 0 Å². The summed E-state index contributed by atoms with van der Waals surface area (Å²) in [5.41, 5.74) is 4.18. The van der Waals surface area contributed by atoms with E-state index in [1.807, 2.05) is 50.2 Å². The first-order valence-corrected chi connectivity index (χ1v) is 11.1. The topological polar surface area (TPSA) is 76.8 Å². The van der Waals surface area contributed by atoms with Crippen molar-refractivity contribution in [3.05, 3.63) is 111 Å². The van der Waals surface area contributed by atoms with Crippen LogP contribution in [0.1, 0.15) is 56.1 Å². The summed E-state index contributed by atoms with van der Waals surface area (Å²) in [6.07, 6.45) is 0. The standard InChI is InChI=1S/C28H23NO5/c1-4-33-28(32)19-10-12-20(13-11-19)29-24(18-8-6-5-7-9-18)23-25(30)21-14-16(2)17(3)15-22(21)34-26(23)27(29)31/h5-15,24H,4H2,1-3H3. The highest BCUT2D eigenvalue weighted by Crippen LogP contribution is 2.41. The maximum atomic E-state index is 13.7. The number of amides is 1. The zero-order valence-electron chi connectivity index (χ0n) is 19.1. The molecule has 170 valence electrons. The molecule has 2 heterocycles. The molecular weight excluding hydrogens is 430 g/mol. The third-order valence-corrected chi connectivity index (χ3v) is 6.26. The predicted octanol–water partition coefficient (Wildman–Crippen LogP) is 5.34. The summed E-state index contributed by atoms with van der Waals surface area (Å²) in [6.45, 7) is 5.90. The van der Waals surface area contributed by atoms with Gasteiger partial charge in [-0.2, -0.15) is 0 Å². The third-order valence-electron chi connectivity index (χ3n) is 6.26. The van der Waals surface area contributed by atoms with Gasteiger partial charge in [-0.15, -0.1) is 0 Å². The second kappa shape index (κ2) is 8.30. The van der Waals surface area contributed by atoms with Crippen molar-refractivity contribution < 1.29 is 18.7 Å².